The van der Waals surface area contributed by atoms with Gasteiger partial charge < -0.3 is 0 Å². The SMILES string of the molecule is Cc1cccc2sc(N(Cc3ccncc3)C(=O)CCCS(=O)(=O)c3ccccc3)nc12. The predicted octanol–water partition coefficient (Wildman–Crippen LogP) is 4.79. The van der Waals surface area contributed by atoms with Gasteiger partial charge in [0.2, 0.25) is 5.91 Å². The van der Waals surface area contributed by atoms with Crippen LogP contribution in [0.1, 0.15) is 24.0 Å². The van der Waals surface area contributed by atoms with Gasteiger partial charge in [-0.15, -0.1) is 0 Å². The zero-order chi connectivity index (χ0) is 22.6. The molecule has 8 heteroatoms. The van der Waals surface area contributed by atoms with Gasteiger partial charge in [-0.1, -0.05) is 41.7 Å². The number of amides is 1. The Kier molecular flexibility index (Phi) is 6.62. The third kappa shape index (κ3) is 5.03. The molecule has 0 aliphatic heterocycles. The van der Waals surface area contributed by atoms with Crippen molar-refractivity contribution < 1.29 is 13.2 Å². The molecule has 0 saturated heterocycles. The fourth-order valence-corrected chi connectivity index (χ4v) is 5.81. The molecule has 0 atom stereocenters. The number of carbonyl (C=O) groups excluding carboxylic acids is 1. The highest BCUT2D eigenvalue weighted by molar-refractivity contribution is 7.91. The van der Waals surface area contributed by atoms with E-state index in [0.717, 1.165) is 21.3 Å². The number of anilines is 1. The number of aryl methyl sites for hydroxylation is 1. The number of benzene rings is 2. The molecule has 32 heavy (non-hydrogen) atoms. The van der Waals surface area contributed by atoms with Gasteiger partial charge in [-0.05, 0) is 54.8 Å². The van der Waals surface area contributed by atoms with Crippen molar-refractivity contribution in [3.63, 3.8) is 0 Å². The van der Waals surface area contributed by atoms with Gasteiger partial charge in [-0.2, -0.15) is 0 Å². The van der Waals surface area contributed by atoms with Gasteiger partial charge in [0.25, 0.3) is 0 Å². The first-order valence-electron chi connectivity index (χ1n) is 10.3. The predicted molar refractivity (Wildman–Crippen MR) is 128 cm³/mol. The maximum absolute atomic E-state index is 13.2. The second-order valence-electron chi connectivity index (χ2n) is 7.49. The lowest BCUT2D eigenvalue weighted by Crippen LogP contribution is -2.30. The summed E-state index contributed by atoms with van der Waals surface area (Å²) in [5, 5.41) is 0.613. The molecule has 164 valence electrons. The minimum Gasteiger partial charge on any atom is -0.284 e. The average Bonchev–Trinajstić information content (AvgIpc) is 3.24. The van der Waals surface area contributed by atoms with E-state index in [1.54, 1.807) is 47.6 Å². The number of rotatable bonds is 8. The van der Waals surface area contributed by atoms with Crippen molar-refractivity contribution in [1.82, 2.24) is 9.97 Å². The summed E-state index contributed by atoms with van der Waals surface area (Å²) in [6.07, 6.45) is 3.73. The lowest BCUT2D eigenvalue weighted by Gasteiger charge is -2.20. The van der Waals surface area contributed by atoms with Gasteiger partial charge in [0.05, 0.1) is 27.4 Å². The number of thiazole rings is 1. The molecule has 0 unspecified atom stereocenters. The number of carbonyl (C=O) groups is 1. The van der Waals surface area contributed by atoms with Crippen LogP contribution in [-0.4, -0.2) is 30.0 Å². The summed E-state index contributed by atoms with van der Waals surface area (Å²) in [4.78, 5) is 23.9. The number of para-hydroxylation sites is 1. The molecule has 1 amide bonds. The number of aromatic nitrogens is 2. The van der Waals surface area contributed by atoms with Crippen molar-refractivity contribution in [2.75, 3.05) is 10.7 Å². The first kappa shape index (κ1) is 22.1. The topological polar surface area (TPSA) is 80.2 Å². The Morgan fingerprint density at radius 1 is 1.00 bits per heavy atom. The highest BCUT2D eigenvalue weighted by Gasteiger charge is 2.22. The summed E-state index contributed by atoms with van der Waals surface area (Å²) in [6, 6.07) is 18.0. The van der Waals surface area contributed by atoms with Crippen LogP contribution in [0.4, 0.5) is 5.13 Å². The summed E-state index contributed by atoms with van der Waals surface area (Å²) in [5.41, 5.74) is 2.86. The Bertz CT molecular complexity index is 1320. The van der Waals surface area contributed by atoms with E-state index in [1.165, 1.54) is 11.3 Å². The van der Waals surface area contributed by atoms with Crippen LogP contribution in [0.3, 0.4) is 0 Å². The number of fused-ring (bicyclic) bond motifs is 1. The monoisotopic (exact) mass is 465 g/mol. The largest absolute Gasteiger partial charge is 0.284 e. The fourth-order valence-electron chi connectivity index (χ4n) is 3.42. The van der Waals surface area contributed by atoms with E-state index in [1.807, 2.05) is 37.3 Å². The molecule has 2 aromatic heterocycles. The molecule has 0 aliphatic rings. The van der Waals surface area contributed by atoms with E-state index in [4.69, 9.17) is 4.98 Å². The fraction of sp³-hybridized carbons (Fsp3) is 0.208. The van der Waals surface area contributed by atoms with E-state index >= 15 is 0 Å². The maximum atomic E-state index is 13.2. The van der Waals surface area contributed by atoms with Crippen molar-refractivity contribution in [3.05, 3.63) is 84.2 Å². The minimum atomic E-state index is -3.42. The smallest absolute Gasteiger partial charge is 0.229 e. The van der Waals surface area contributed by atoms with Crippen LogP contribution >= 0.6 is 11.3 Å². The van der Waals surface area contributed by atoms with E-state index in [2.05, 4.69) is 4.98 Å². The molecule has 6 nitrogen and oxygen atoms in total. The van der Waals surface area contributed by atoms with Gasteiger partial charge >= 0.3 is 0 Å². The van der Waals surface area contributed by atoms with Gasteiger partial charge in [0.15, 0.2) is 15.0 Å². The molecular weight excluding hydrogens is 442 g/mol. The molecule has 2 heterocycles. The Hall–Kier alpha value is -3.10. The molecule has 0 saturated carbocycles. The maximum Gasteiger partial charge on any atom is 0.229 e. The molecule has 0 fully saturated rings. The highest BCUT2D eigenvalue weighted by atomic mass is 32.2. The number of nitrogens with zero attached hydrogens (tertiary/aromatic N) is 3. The van der Waals surface area contributed by atoms with E-state index < -0.39 is 9.84 Å². The van der Waals surface area contributed by atoms with Crippen LogP contribution in [0, 0.1) is 6.92 Å². The summed E-state index contributed by atoms with van der Waals surface area (Å²) in [6.45, 7) is 2.35. The Balaban J connectivity index is 1.54. The van der Waals surface area contributed by atoms with Gasteiger partial charge in [0, 0.05) is 18.8 Å². The summed E-state index contributed by atoms with van der Waals surface area (Å²) in [5.74, 6) is -0.230. The second-order valence-corrected chi connectivity index (χ2v) is 10.6. The van der Waals surface area contributed by atoms with Crippen molar-refractivity contribution in [2.24, 2.45) is 0 Å². The second kappa shape index (κ2) is 9.58. The lowest BCUT2D eigenvalue weighted by atomic mass is 10.2. The zero-order valence-electron chi connectivity index (χ0n) is 17.6. The molecule has 0 radical (unpaired) electrons. The van der Waals surface area contributed by atoms with E-state index in [9.17, 15) is 13.2 Å². The van der Waals surface area contributed by atoms with E-state index in [0.29, 0.717) is 11.7 Å². The van der Waals surface area contributed by atoms with Gasteiger partial charge in [-0.25, -0.2) is 13.4 Å². The third-order valence-electron chi connectivity index (χ3n) is 5.14. The summed E-state index contributed by atoms with van der Waals surface area (Å²) in [7, 11) is -3.42. The number of sulfone groups is 1. The van der Waals surface area contributed by atoms with Crippen molar-refractivity contribution in [2.45, 2.75) is 31.2 Å². The lowest BCUT2D eigenvalue weighted by molar-refractivity contribution is -0.118. The molecule has 2 aromatic carbocycles. The van der Waals surface area contributed by atoms with Crippen LogP contribution in [0.25, 0.3) is 10.2 Å². The quantitative estimate of drug-likeness (QED) is 0.374. The van der Waals surface area contributed by atoms with Crippen molar-refractivity contribution >= 4 is 42.4 Å². The average molecular weight is 466 g/mol. The van der Waals surface area contributed by atoms with Crippen LogP contribution in [-0.2, 0) is 21.2 Å². The van der Waals surface area contributed by atoms with Crippen LogP contribution in [0.5, 0.6) is 0 Å². The van der Waals surface area contributed by atoms with Crippen LogP contribution < -0.4 is 4.90 Å². The molecule has 4 aromatic rings. The first-order valence-corrected chi connectivity index (χ1v) is 12.7. The molecule has 4 rings (SSSR count). The molecule has 0 spiro atoms. The van der Waals surface area contributed by atoms with Crippen LogP contribution in [0.15, 0.2) is 78.0 Å². The standard InChI is InChI=1S/C24H23N3O3S2/c1-18-7-5-10-21-23(18)26-24(31-21)27(17-19-12-14-25-15-13-19)22(28)11-6-16-32(29,30)20-8-3-2-4-9-20/h2-5,7-10,12-15H,6,11,16-17H2,1H3. The van der Waals surface area contributed by atoms with Crippen molar-refractivity contribution in [3.8, 4) is 0 Å². The number of hydrogen-bond acceptors (Lipinski definition) is 6. The zero-order valence-corrected chi connectivity index (χ0v) is 19.3. The summed E-state index contributed by atoms with van der Waals surface area (Å²) >= 11 is 1.46. The van der Waals surface area contributed by atoms with Crippen LogP contribution in [0.2, 0.25) is 0 Å². The van der Waals surface area contributed by atoms with Crippen molar-refractivity contribution in [1.29, 1.82) is 0 Å². The Morgan fingerprint density at radius 3 is 2.47 bits per heavy atom. The number of hydrogen-bond donors (Lipinski definition) is 0. The molecule has 0 aliphatic carbocycles. The normalized spacial score (nSPS) is 11.5. The van der Waals surface area contributed by atoms with E-state index in [-0.39, 0.29) is 29.4 Å². The Labute approximate surface area is 191 Å². The molecule has 0 N–H and O–H groups in total. The number of pyridine rings is 1. The molecular formula is C24H23N3O3S2. The molecule has 0 bridgehead atoms. The Morgan fingerprint density at radius 2 is 1.75 bits per heavy atom. The van der Waals surface area contributed by atoms with Gasteiger partial charge in [-0.3, -0.25) is 14.7 Å². The third-order valence-corrected chi connectivity index (χ3v) is 8.00. The highest BCUT2D eigenvalue weighted by Crippen LogP contribution is 2.32. The van der Waals surface area contributed by atoms with Gasteiger partial charge in [0.1, 0.15) is 0 Å². The summed E-state index contributed by atoms with van der Waals surface area (Å²) < 4.78 is 26.1. The first-order chi connectivity index (χ1) is 15.4. The minimum absolute atomic E-state index is 0.0786.